The summed E-state index contributed by atoms with van der Waals surface area (Å²) in [6.07, 6.45) is 0. The van der Waals surface area contributed by atoms with Gasteiger partial charge in [0.05, 0.1) is 11.6 Å². The van der Waals surface area contributed by atoms with E-state index in [9.17, 15) is 9.18 Å². The molecule has 0 radical (unpaired) electrons. The van der Waals surface area contributed by atoms with Crippen molar-refractivity contribution in [2.24, 2.45) is 0 Å². The third-order valence-electron chi connectivity index (χ3n) is 3.10. The molecule has 0 bridgehead atoms. The van der Waals surface area contributed by atoms with Gasteiger partial charge in [0.25, 0.3) is 0 Å². The fourth-order valence-electron chi connectivity index (χ4n) is 1.89. The van der Waals surface area contributed by atoms with E-state index in [-0.39, 0.29) is 11.8 Å². The molecule has 23 heavy (non-hydrogen) atoms. The van der Waals surface area contributed by atoms with Gasteiger partial charge in [-0.3, -0.25) is 0 Å². The monoisotopic (exact) mass is 336 g/mol. The number of halogens is 2. The van der Waals surface area contributed by atoms with Gasteiger partial charge in [-0.15, -0.1) is 0 Å². The van der Waals surface area contributed by atoms with E-state index in [0.717, 1.165) is 11.1 Å². The minimum absolute atomic E-state index is 0.301. The van der Waals surface area contributed by atoms with E-state index >= 15 is 0 Å². The SMILES string of the molecule is Cc1ccc(Cl)c(OCCNC(=O)NCc2ccc(F)cc2)c1. The smallest absolute Gasteiger partial charge is 0.315 e. The molecule has 2 rings (SSSR count). The van der Waals surface area contributed by atoms with E-state index in [0.29, 0.717) is 30.5 Å². The second-order valence-corrected chi connectivity index (χ2v) is 5.43. The molecule has 6 heteroatoms. The van der Waals surface area contributed by atoms with Gasteiger partial charge in [0.1, 0.15) is 18.2 Å². The van der Waals surface area contributed by atoms with Crippen LogP contribution in [0.5, 0.6) is 5.75 Å². The first-order valence-corrected chi connectivity index (χ1v) is 7.57. The van der Waals surface area contributed by atoms with Gasteiger partial charge in [0.2, 0.25) is 0 Å². The van der Waals surface area contributed by atoms with Crippen molar-refractivity contribution < 1.29 is 13.9 Å². The third kappa shape index (κ3) is 5.79. The molecule has 2 amide bonds. The van der Waals surface area contributed by atoms with Crippen molar-refractivity contribution in [2.75, 3.05) is 13.2 Å². The fourth-order valence-corrected chi connectivity index (χ4v) is 2.07. The summed E-state index contributed by atoms with van der Waals surface area (Å²) in [7, 11) is 0. The second kappa shape index (κ2) is 8.39. The van der Waals surface area contributed by atoms with Gasteiger partial charge >= 0.3 is 6.03 Å². The van der Waals surface area contributed by atoms with Gasteiger partial charge in [-0.2, -0.15) is 0 Å². The highest BCUT2D eigenvalue weighted by atomic mass is 35.5. The van der Waals surface area contributed by atoms with Crippen LogP contribution in [0.1, 0.15) is 11.1 Å². The van der Waals surface area contributed by atoms with Crippen molar-refractivity contribution in [1.29, 1.82) is 0 Å². The number of benzene rings is 2. The summed E-state index contributed by atoms with van der Waals surface area (Å²) in [6, 6.07) is 11.2. The van der Waals surface area contributed by atoms with Gasteiger partial charge in [-0.25, -0.2) is 9.18 Å². The van der Waals surface area contributed by atoms with Crippen molar-refractivity contribution in [1.82, 2.24) is 10.6 Å². The Morgan fingerprint density at radius 1 is 1.17 bits per heavy atom. The molecule has 4 nitrogen and oxygen atoms in total. The molecule has 2 aromatic rings. The van der Waals surface area contributed by atoms with Crippen LogP contribution in [0, 0.1) is 12.7 Å². The maximum absolute atomic E-state index is 12.8. The lowest BCUT2D eigenvalue weighted by Crippen LogP contribution is -2.37. The molecule has 0 spiro atoms. The Balaban J connectivity index is 1.66. The van der Waals surface area contributed by atoms with Gasteiger partial charge in [0, 0.05) is 6.54 Å². The Morgan fingerprint density at radius 3 is 2.65 bits per heavy atom. The Kier molecular flexibility index (Phi) is 6.23. The predicted molar refractivity (Wildman–Crippen MR) is 88.3 cm³/mol. The summed E-state index contributed by atoms with van der Waals surface area (Å²) >= 11 is 6.01. The van der Waals surface area contributed by atoms with E-state index in [4.69, 9.17) is 16.3 Å². The highest BCUT2D eigenvalue weighted by molar-refractivity contribution is 6.32. The van der Waals surface area contributed by atoms with Crippen LogP contribution in [0.4, 0.5) is 9.18 Å². The summed E-state index contributed by atoms with van der Waals surface area (Å²) in [5.41, 5.74) is 1.87. The van der Waals surface area contributed by atoms with Crippen molar-refractivity contribution >= 4 is 17.6 Å². The maximum Gasteiger partial charge on any atom is 0.315 e. The number of amides is 2. The first-order chi connectivity index (χ1) is 11.0. The van der Waals surface area contributed by atoms with Crippen molar-refractivity contribution in [3.63, 3.8) is 0 Å². The van der Waals surface area contributed by atoms with Crippen LogP contribution in [0.2, 0.25) is 5.02 Å². The molecule has 0 unspecified atom stereocenters. The summed E-state index contributed by atoms with van der Waals surface area (Å²) < 4.78 is 18.3. The molecule has 0 heterocycles. The standard InChI is InChI=1S/C17H18ClFN2O2/c1-12-2-7-15(18)16(10-12)23-9-8-20-17(22)21-11-13-3-5-14(19)6-4-13/h2-7,10H,8-9,11H2,1H3,(H2,20,21,22). The first kappa shape index (κ1) is 17.1. The van der Waals surface area contributed by atoms with Crippen LogP contribution in [-0.4, -0.2) is 19.2 Å². The molecular formula is C17H18ClFN2O2. The second-order valence-electron chi connectivity index (χ2n) is 5.02. The molecule has 0 aliphatic carbocycles. The number of ether oxygens (including phenoxy) is 1. The lowest BCUT2D eigenvalue weighted by atomic mass is 10.2. The highest BCUT2D eigenvalue weighted by Crippen LogP contribution is 2.24. The van der Waals surface area contributed by atoms with Crippen LogP contribution >= 0.6 is 11.6 Å². The molecule has 0 saturated heterocycles. The normalized spacial score (nSPS) is 10.2. The van der Waals surface area contributed by atoms with E-state index < -0.39 is 0 Å². The number of nitrogens with one attached hydrogen (secondary N) is 2. The van der Waals surface area contributed by atoms with E-state index in [1.54, 1.807) is 18.2 Å². The molecule has 122 valence electrons. The predicted octanol–water partition coefficient (Wildman–Crippen LogP) is 3.67. The minimum atomic E-state index is -0.312. The minimum Gasteiger partial charge on any atom is -0.490 e. The van der Waals surface area contributed by atoms with E-state index in [1.165, 1.54) is 12.1 Å². The lowest BCUT2D eigenvalue weighted by Gasteiger charge is -2.10. The molecule has 2 aromatic carbocycles. The zero-order chi connectivity index (χ0) is 16.7. The molecule has 0 aliphatic rings. The van der Waals surface area contributed by atoms with Gasteiger partial charge in [-0.05, 0) is 42.3 Å². The summed E-state index contributed by atoms with van der Waals surface area (Å²) in [5.74, 6) is 0.297. The molecule has 0 fully saturated rings. The zero-order valence-electron chi connectivity index (χ0n) is 12.7. The number of carbonyl (C=O) groups excluding carboxylic acids is 1. The van der Waals surface area contributed by atoms with Gasteiger partial charge in [-0.1, -0.05) is 29.8 Å². The van der Waals surface area contributed by atoms with Crippen LogP contribution in [-0.2, 0) is 6.54 Å². The Bertz CT molecular complexity index is 662. The Morgan fingerprint density at radius 2 is 1.91 bits per heavy atom. The van der Waals surface area contributed by atoms with Gasteiger partial charge in [0.15, 0.2) is 0 Å². The first-order valence-electron chi connectivity index (χ1n) is 7.19. The summed E-state index contributed by atoms with van der Waals surface area (Å²) in [4.78, 5) is 11.6. The number of hydrogen-bond donors (Lipinski definition) is 2. The fraction of sp³-hybridized carbons (Fsp3) is 0.235. The summed E-state index contributed by atoms with van der Waals surface area (Å²) in [6.45, 7) is 2.94. The summed E-state index contributed by atoms with van der Waals surface area (Å²) in [5, 5.41) is 5.90. The van der Waals surface area contributed by atoms with Crippen LogP contribution in [0.3, 0.4) is 0 Å². The largest absolute Gasteiger partial charge is 0.490 e. The molecule has 0 aliphatic heterocycles. The number of aryl methyl sites for hydroxylation is 1. The van der Waals surface area contributed by atoms with Crippen LogP contribution in [0.15, 0.2) is 42.5 Å². The van der Waals surface area contributed by atoms with Gasteiger partial charge < -0.3 is 15.4 Å². The Hall–Kier alpha value is -2.27. The average Bonchev–Trinajstić information content (AvgIpc) is 2.54. The van der Waals surface area contributed by atoms with Crippen LogP contribution < -0.4 is 15.4 Å². The zero-order valence-corrected chi connectivity index (χ0v) is 13.5. The third-order valence-corrected chi connectivity index (χ3v) is 3.41. The quantitative estimate of drug-likeness (QED) is 0.791. The average molecular weight is 337 g/mol. The molecule has 0 atom stereocenters. The number of rotatable bonds is 6. The lowest BCUT2D eigenvalue weighted by molar-refractivity contribution is 0.236. The molecule has 2 N–H and O–H groups in total. The van der Waals surface area contributed by atoms with Crippen molar-refractivity contribution in [2.45, 2.75) is 13.5 Å². The topological polar surface area (TPSA) is 50.4 Å². The van der Waals surface area contributed by atoms with Crippen molar-refractivity contribution in [3.05, 3.63) is 64.4 Å². The maximum atomic E-state index is 12.8. The van der Waals surface area contributed by atoms with E-state index in [1.807, 2.05) is 19.1 Å². The highest BCUT2D eigenvalue weighted by Gasteiger charge is 2.03. The van der Waals surface area contributed by atoms with Crippen LogP contribution in [0.25, 0.3) is 0 Å². The molecular weight excluding hydrogens is 319 g/mol. The molecule has 0 aromatic heterocycles. The van der Waals surface area contributed by atoms with Crippen molar-refractivity contribution in [3.8, 4) is 5.75 Å². The molecule has 0 saturated carbocycles. The number of hydrogen-bond acceptors (Lipinski definition) is 2. The number of urea groups is 1. The number of carbonyl (C=O) groups is 1. The van der Waals surface area contributed by atoms with E-state index in [2.05, 4.69) is 10.6 Å². The Labute approximate surface area is 139 Å².